The second kappa shape index (κ2) is 6.30. The van der Waals surface area contributed by atoms with Crippen LogP contribution in [0.3, 0.4) is 0 Å². The first-order valence-electron chi connectivity index (χ1n) is 7.75. The monoisotopic (exact) mass is 329 g/mol. The number of nitrogens with zero attached hydrogens (tertiary/aromatic N) is 1. The van der Waals surface area contributed by atoms with Crippen molar-refractivity contribution in [2.45, 2.75) is 0 Å². The highest BCUT2D eigenvalue weighted by Crippen LogP contribution is 2.26. The van der Waals surface area contributed by atoms with Crippen molar-refractivity contribution in [1.82, 2.24) is 4.57 Å². The predicted octanol–water partition coefficient (Wildman–Crippen LogP) is 5.23. The predicted molar refractivity (Wildman–Crippen MR) is 101 cm³/mol. The van der Waals surface area contributed by atoms with E-state index in [9.17, 15) is 4.79 Å². The molecule has 116 valence electrons. The van der Waals surface area contributed by atoms with Gasteiger partial charge in [0, 0.05) is 5.38 Å². The minimum atomic E-state index is 0.0309. The van der Waals surface area contributed by atoms with Crippen LogP contribution < -0.4 is 4.87 Å². The molecular formula is C21H15NOS. The number of hydrogen-bond acceptors (Lipinski definition) is 2. The third-order valence-electron chi connectivity index (χ3n) is 4.00. The molecule has 0 atom stereocenters. The summed E-state index contributed by atoms with van der Waals surface area (Å²) in [6.07, 6.45) is 0. The molecular weight excluding hydrogens is 314 g/mol. The number of hydrogen-bond donors (Lipinski definition) is 0. The molecule has 0 fully saturated rings. The number of aromatic nitrogens is 1. The lowest BCUT2D eigenvalue weighted by atomic mass is 10.0. The van der Waals surface area contributed by atoms with Crippen LogP contribution in [0.25, 0.3) is 28.1 Å². The Morgan fingerprint density at radius 1 is 0.625 bits per heavy atom. The van der Waals surface area contributed by atoms with E-state index in [1.54, 1.807) is 4.57 Å². The maximum absolute atomic E-state index is 12.3. The fraction of sp³-hybridized carbons (Fsp3) is 0. The maximum Gasteiger partial charge on any atom is 0.312 e. The maximum atomic E-state index is 12.3. The van der Waals surface area contributed by atoms with E-state index >= 15 is 0 Å². The van der Waals surface area contributed by atoms with E-state index in [4.69, 9.17) is 0 Å². The van der Waals surface area contributed by atoms with E-state index in [-0.39, 0.29) is 4.87 Å². The molecule has 0 bridgehead atoms. The lowest BCUT2D eigenvalue weighted by Crippen LogP contribution is -2.11. The molecule has 1 heterocycles. The van der Waals surface area contributed by atoms with Crippen LogP contribution in [-0.4, -0.2) is 4.57 Å². The Labute approximate surface area is 144 Å². The van der Waals surface area contributed by atoms with Gasteiger partial charge in [-0.1, -0.05) is 84.1 Å². The van der Waals surface area contributed by atoms with Gasteiger partial charge in [0.25, 0.3) is 0 Å². The summed E-state index contributed by atoms with van der Waals surface area (Å²) in [4.78, 5) is 12.3. The summed E-state index contributed by atoms with van der Waals surface area (Å²) in [5.41, 5.74) is 5.22. The Balaban J connectivity index is 1.77. The van der Waals surface area contributed by atoms with Gasteiger partial charge in [0.05, 0.1) is 11.4 Å². The van der Waals surface area contributed by atoms with Crippen LogP contribution in [0, 0.1) is 0 Å². The highest BCUT2D eigenvalue weighted by atomic mass is 32.1. The highest BCUT2D eigenvalue weighted by Gasteiger charge is 2.10. The summed E-state index contributed by atoms with van der Waals surface area (Å²) in [5.74, 6) is 0. The Hall–Kier alpha value is -2.91. The zero-order valence-electron chi connectivity index (χ0n) is 12.9. The van der Waals surface area contributed by atoms with Crippen molar-refractivity contribution < 1.29 is 0 Å². The van der Waals surface area contributed by atoms with Crippen molar-refractivity contribution in [3.63, 3.8) is 0 Å². The molecule has 0 radical (unpaired) electrons. The third kappa shape index (κ3) is 2.70. The molecule has 2 nitrogen and oxygen atoms in total. The fourth-order valence-corrected chi connectivity index (χ4v) is 3.56. The molecule has 4 rings (SSSR count). The van der Waals surface area contributed by atoms with Crippen molar-refractivity contribution in [2.75, 3.05) is 0 Å². The summed E-state index contributed by atoms with van der Waals surface area (Å²) >= 11 is 1.23. The van der Waals surface area contributed by atoms with Gasteiger partial charge < -0.3 is 0 Å². The number of benzene rings is 3. The minimum absolute atomic E-state index is 0.0309. The molecule has 3 heteroatoms. The first-order valence-corrected chi connectivity index (χ1v) is 8.63. The van der Waals surface area contributed by atoms with Gasteiger partial charge in [-0.25, -0.2) is 0 Å². The molecule has 0 N–H and O–H groups in total. The third-order valence-corrected chi connectivity index (χ3v) is 4.72. The van der Waals surface area contributed by atoms with Crippen LogP contribution in [0.5, 0.6) is 0 Å². The molecule has 0 unspecified atom stereocenters. The van der Waals surface area contributed by atoms with Gasteiger partial charge in [0.2, 0.25) is 0 Å². The zero-order valence-corrected chi connectivity index (χ0v) is 13.7. The van der Waals surface area contributed by atoms with E-state index in [0.29, 0.717) is 0 Å². The lowest BCUT2D eigenvalue weighted by Gasteiger charge is -2.09. The Morgan fingerprint density at radius 2 is 1.17 bits per heavy atom. The smallest absolute Gasteiger partial charge is 0.267 e. The van der Waals surface area contributed by atoms with Crippen LogP contribution in [0.1, 0.15) is 0 Å². The zero-order chi connectivity index (χ0) is 16.4. The van der Waals surface area contributed by atoms with Crippen LogP contribution in [-0.2, 0) is 0 Å². The second-order valence-corrected chi connectivity index (χ2v) is 6.32. The summed E-state index contributed by atoms with van der Waals surface area (Å²) in [6.45, 7) is 0. The Kier molecular flexibility index (Phi) is 3.85. The van der Waals surface area contributed by atoms with Crippen molar-refractivity contribution in [3.05, 3.63) is 100.0 Å². The van der Waals surface area contributed by atoms with Crippen LogP contribution in [0.4, 0.5) is 0 Å². The summed E-state index contributed by atoms with van der Waals surface area (Å²) < 4.78 is 1.77. The summed E-state index contributed by atoms with van der Waals surface area (Å²) in [7, 11) is 0. The summed E-state index contributed by atoms with van der Waals surface area (Å²) in [5, 5.41) is 1.92. The Bertz CT molecular complexity index is 999. The highest BCUT2D eigenvalue weighted by molar-refractivity contribution is 7.07. The molecule has 0 saturated carbocycles. The molecule has 0 aliphatic rings. The second-order valence-electron chi connectivity index (χ2n) is 5.50. The average Bonchev–Trinajstić information content (AvgIpc) is 3.05. The molecule has 0 amide bonds. The first kappa shape index (κ1) is 14.7. The molecule has 24 heavy (non-hydrogen) atoms. The minimum Gasteiger partial charge on any atom is -0.267 e. The topological polar surface area (TPSA) is 22.0 Å². The van der Waals surface area contributed by atoms with Crippen molar-refractivity contribution in [2.24, 2.45) is 0 Å². The number of rotatable bonds is 3. The lowest BCUT2D eigenvalue weighted by molar-refractivity contribution is 1.05. The van der Waals surface area contributed by atoms with E-state index in [1.165, 1.54) is 22.5 Å². The summed E-state index contributed by atoms with van der Waals surface area (Å²) in [6, 6.07) is 28.4. The van der Waals surface area contributed by atoms with E-state index in [2.05, 4.69) is 36.4 Å². The fourth-order valence-electron chi connectivity index (χ4n) is 2.79. The molecule has 0 saturated heterocycles. The standard InChI is InChI=1S/C21H15NOS/c23-21-22(19-9-5-2-6-10-19)20(15-24-21)18-13-11-17(12-14-18)16-7-3-1-4-8-16/h1-15H. The number of thiazole rings is 1. The molecule has 1 aromatic heterocycles. The van der Waals surface area contributed by atoms with Crippen molar-refractivity contribution >= 4 is 11.3 Å². The van der Waals surface area contributed by atoms with E-state index in [1.807, 2.05) is 53.9 Å². The van der Waals surface area contributed by atoms with Crippen LogP contribution in [0.2, 0.25) is 0 Å². The van der Waals surface area contributed by atoms with Gasteiger partial charge >= 0.3 is 4.87 Å². The quantitative estimate of drug-likeness (QED) is 0.504. The van der Waals surface area contributed by atoms with E-state index in [0.717, 1.165) is 16.9 Å². The molecule has 0 spiro atoms. The van der Waals surface area contributed by atoms with Gasteiger partial charge in [-0.3, -0.25) is 9.36 Å². The van der Waals surface area contributed by atoms with Crippen LogP contribution in [0.15, 0.2) is 95.1 Å². The van der Waals surface area contributed by atoms with Crippen molar-refractivity contribution in [3.8, 4) is 28.1 Å². The molecule has 3 aromatic carbocycles. The van der Waals surface area contributed by atoms with E-state index < -0.39 is 0 Å². The SMILES string of the molecule is O=c1scc(-c2ccc(-c3ccccc3)cc2)n1-c1ccccc1. The van der Waals surface area contributed by atoms with Crippen molar-refractivity contribution in [1.29, 1.82) is 0 Å². The molecule has 0 aliphatic heterocycles. The van der Waals surface area contributed by atoms with Crippen LogP contribution >= 0.6 is 11.3 Å². The first-order chi connectivity index (χ1) is 11.8. The normalized spacial score (nSPS) is 10.7. The number of para-hydroxylation sites is 1. The molecule has 4 aromatic rings. The van der Waals surface area contributed by atoms with Gasteiger partial charge in [0.15, 0.2) is 0 Å². The molecule has 0 aliphatic carbocycles. The van der Waals surface area contributed by atoms with Gasteiger partial charge in [-0.15, -0.1) is 0 Å². The Morgan fingerprint density at radius 3 is 1.83 bits per heavy atom. The van der Waals surface area contributed by atoms with Gasteiger partial charge in [-0.05, 0) is 28.8 Å². The van der Waals surface area contributed by atoms with Gasteiger partial charge in [0.1, 0.15) is 0 Å². The average molecular weight is 329 g/mol. The van der Waals surface area contributed by atoms with Gasteiger partial charge in [-0.2, -0.15) is 0 Å². The largest absolute Gasteiger partial charge is 0.312 e.